The zero-order valence-corrected chi connectivity index (χ0v) is 17.4. The van der Waals surface area contributed by atoms with Gasteiger partial charge in [-0.05, 0) is 55.0 Å². The van der Waals surface area contributed by atoms with Crippen LogP contribution in [-0.4, -0.2) is 48.3 Å². The minimum Gasteiger partial charge on any atom is -0.489 e. The molecule has 5 nitrogen and oxygen atoms in total. The SMILES string of the molecule is CN1C[C@@H]2C[C@H](N(C)C(=O)c3ccc(OCc4ccccc4F)cc3)C[C@@H]2CC1=O. The molecule has 0 radical (unpaired) electrons. The maximum Gasteiger partial charge on any atom is 0.253 e. The van der Waals surface area contributed by atoms with Crippen molar-refractivity contribution in [3.05, 3.63) is 65.5 Å². The predicted molar refractivity (Wildman–Crippen MR) is 112 cm³/mol. The number of piperidine rings is 1. The Kier molecular flexibility index (Phi) is 5.75. The van der Waals surface area contributed by atoms with Crippen LogP contribution in [0.2, 0.25) is 0 Å². The Hall–Kier alpha value is -2.89. The van der Waals surface area contributed by atoms with Crippen LogP contribution in [0, 0.1) is 17.7 Å². The molecule has 6 heteroatoms. The van der Waals surface area contributed by atoms with Gasteiger partial charge in [0.15, 0.2) is 0 Å². The summed E-state index contributed by atoms with van der Waals surface area (Å²) < 4.78 is 19.4. The largest absolute Gasteiger partial charge is 0.489 e. The van der Waals surface area contributed by atoms with Crippen LogP contribution in [-0.2, 0) is 11.4 Å². The van der Waals surface area contributed by atoms with E-state index in [0.29, 0.717) is 35.1 Å². The highest BCUT2D eigenvalue weighted by molar-refractivity contribution is 5.94. The molecule has 1 aliphatic heterocycles. The zero-order valence-electron chi connectivity index (χ0n) is 17.4. The molecule has 158 valence electrons. The molecule has 2 aliphatic rings. The standard InChI is InChI=1S/C24H27FN2O3/c1-26-14-19-12-20(11-18(19)13-23(26)28)27(2)24(29)16-7-9-21(10-8-16)30-15-17-5-3-4-6-22(17)25/h3-10,18-20H,11-15H2,1-2H3/t18-,19+,20-/m1/s1. The van der Waals surface area contributed by atoms with Gasteiger partial charge in [-0.2, -0.15) is 0 Å². The topological polar surface area (TPSA) is 49.9 Å². The van der Waals surface area contributed by atoms with Gasteiger partial charge in [0, 0.05) is 44.2 Å². The number of carbonyl (C=O) groups is 2. The molecule has 2 aromatic rings. The zero-order chi connectivity index (χ0) is 21.3. The molecule has 2 fully saturated rings. The van der Waals surface area contributed by atoms with Crippen LogP contribution in [0.15, 0.2) is 48.5 Å². The minimum atomic E-state index is -0.295. The van der Waals surface area contributed by atoms with Crippen molar-refractivity contribution in [2.45, 2.75) is 31.9 Å². The van der Waals surface area contributed by atoms with Crippen LogP contribution in [0.4, 0.5) is 4.39 Å². The summed E-state index contributed by atoms with van der Waals surface area (Å²) in [4.78, 5) is 28.6. The van der Waals surface area contributed by atoms with E-state index in [2.05, 4.69) is 0 Å². The summed E-state index contributed by atoms with van der Waals surface area (Å²) in [6, 6.07) is 13.6. The van der Waals surface area contributed by atoms with Crippen molar-refractivity contribution in [2.24, 2.45) is 11.8 Å². The van der Waals surface area contributed by atoms with Gasteiger partial charge in [-0.3, -0.25) is 9.59 Å². The summed E-state index contributed by atoms with van der Waals surface area (Å²) in [5.74, 6) is 1.32. The van der Waals surface area contributed by atoms with E-state index in [9.17, 15) is 14.0 Å². The van der Waals surface area contributed by atoms with Crippen molar-refractivity contribution in [3.8, 4) is 5.75 Å². The molecule has 1 saturated carbocycles. The summed E-state index contributed by atoms with van der Waals surface area (Å²) in [6.07, 6.45) is 2.42. The second-order valence-electron chi connectivity index (χ2n) is 8.44. The van der Waals surface area contributed by atoms with Crippen LogP contribution in [0.5, 0.6) is 5.75 Å². The molecule has 3 atom stereocenters. The number of hydrogen-bond acceptors (Lipinski definition) is 3. The quantitative estimate of drug-likeness (QED) is 0.755. The number of rotatable bonds is 5. The number of nitrogens with zero attached hydrogens (tertiary/aromatic N) is 2. The summed E-state index contributed by atoms with van der Waals surface area (Å²) in [7, 11) is 3.70. The Morgan fingerprint density at radius 3 is 2.57 bits per heavy atom. The Bertz CT molecular complexity index is 930. The van der Waals surface area contributed by atoms with Crippen LogP contribution >= 0.6 is 0 Å². The first-order valence-corrected chi connectivity index (χ1v) is 10.4. The Morgan fingerprint density at radius 2 is 1.83 bits per heavy atom. The molecule has 2 amide bonds. The molecule has 1 heterocycles. The lowest BCUT2D eigenvalue weighted by molar-refractivity contribution is -0.134. The van der Waals surface area contributed by atoms with E-state index in [0.717, 1.165) is 19.4 Å². The van der Waals surface area contributed by atoms with E-state index < -0.39 is 0 Å². The van der Waals surface area contributed by atoms with Crippen molar-refractivity contribution in [1.82, 2.24) is 9.80 Å². The lowest BCUT2D eigenvalue weighted by Crippen LogP contribution is -2.39. The second kappa shape index (κ2) is 8.46. The highest BCUT2D eigenvalue weighted by Gasteiger charge is 2.42. The maximum absolute atomic E-state index is 13.7. The Balaban J connectivity index is 1.35. The van der Waals surface area contributed by atoms with Gasteiger partial charge in [0.1, 0.15) is 18.2 Å². The molecule has 0 N–H and O–H groups in total. The molecule has 0 aromatic heterocycles. The first kappa shape index (κ1) is 20.4. The molecule has 0 bridgehead atoms. The fourth-order valence-corrected chi connectivity index (χ4v) is 4.64. The third kappa shape index (κ3) is 4.18. The Morgan fingerprint density at radius 1 is 1.13 bits per heavy atom. The minimum absolute atomic E-state index is 0.0287. The predicted octanol–water partition coefficient (Wildman–Crippen LogP) is 3.73. The van der Waals surface area contributed by atoms with Gasteiger partial charge in [-0.25, -0.2) is 4.39 Å². The molecule has 1 saturated heterocycles. The average Bonchev–Trinajstić information content (AvgIpc) is 3.15. The van der Waals surface area contributed by atoms with Gasteiger partial charge < -0.3 is 14.5 Å². The van der Waals surface area contributed by atoms with E-state index in [1.807, 2.05) is 23.9 Å². The van der Waals surface area contributed by atoms with Crippen LogP contribution in [0.3, 0.4) is 0 Å². The lowest BCUT2D eigenvalue weighted by atomic mass is 9.88. The van der Waals surface area contributed by atoms with Crippen molar-refractivity contribution in [1.29, 1.82) is 0 Å². The number of likely N-dealkylation sites (tertiary alicyclic amines) is 1. The summed E-state index contributed by atoms with van der Waals surface area (Å²) in [5.41, 5.74) is 1.09. The van der Waals surface area contributed by atoms with Crippen molar-refractivity contribution in [2.75, 3.05) is 20.6 Å². The fourth-order valence-electron chi connectivity index (χ4n) is 4.64. The third-order valence-electron chi connectivity index (χ3n) is 6.51. The number of benzene rings is 2. The number of hydrogen-bond donors (Lipinski definition) is 0. The normalized spacial score (nSPS) is 23.2. The highest BCUT2D eigenvalue weighted by Crippen LogP contribution is 2.40. The number of carbonyl (C=O) groups excluding carboxylic acids is 2. The first-order valence-electron chi connectivity index (χ1n) is 10.4. The van der Waals surface area contributed by atoms with Gasteiger partial charge in [-0.15, -0.1) is 0 Å². The number of ether oxygens (including phenoxy) is 1. The maximum atomic E-state index is 13.7. The van der Waals surface area contributed by atoms with E-state index in [1.165, 1.54) is 6.07 Å². The van der Waals surface area contributed by atoms with E-state index in [4.69, 9.17) is 4.74 Å². The molecular formula is C24H27FN2O3. The van der Waals surface area contributed by atoms with E-state index in [1.54, 1.807) is 42.5 Å². The van der Waals surface area contributed by atoms with Crippen molar-refractivity contribution >= 4 is 11.8 Å². The Labute approximate surface area is 176 Å². The molecule has 4 rings (SSSR count). The smallest absolute Gasteiger partial charge is 0.253 e. The number of fused-ring (bicyclic) bond motifs is 1. The lowest BCUT2D eigenvalue weighted by Gasteiger charge is -2.31. The van der Waals surface area contributed by atoms with E-state index in [-0.39, 0.29) is 30.3 Å². The molecule has 0 unspecified atom stereocenters. The number of amides is 2. The summed E-state index contributed by atoms with van der Waals surface area (Å²) in [5, 5.41) is 0. The third-order valence-corrected chi connectivity index (χ3v) is 6.51. The van der Waals surface area contributed by atoms with Gasteiger partial charge in [0.2, 0.25) is 5.91 Å². The average molecular weight is 410 g/mol. The van der Waals surface area contributed by atoms with Crippen LogP contribution in [0.1, 0.15) is 35.2 Å². The van der Waals surface area contributed by atoms with E-state index >= 15 is 0 Å². The molecule has 1 aliphatic carbocycles. The fraction of sp³-hybridized carbons (Fsp3) is 0.417. The van der Waals surface area contributed by atoms with Gasteiger partial charge in [0.25, 0.3) is 5.91 Å². The molecule has 30 heavy (non-hydrogen) atoms. The first-order chi connectivity index (χ1) is 14.4. The van der Waals surface area contributed by atoms with Gasteiger partial charge in [0.05, 0.1) is 0 Å². The van der Waals surface area contributed by atoms with Gasteiger partial charge in [-0.1, -0.05) is 18.2 Å². The highest BCUT2D eigenvalue weighted by atomic mass is 19.1. The summed E-state index contributed by atoms with van der Waals surface area (Å²) >= 11 is 0. The van der Waals surface area contributed by atoms with Crippen molar-refractivity contribution in [3.63, 3.8) is 0 Å². The number of halogens is 1. The van der Waals surface area contributed by atoms with Crippen molar-refractivity contribution < 1.29 is 18.7 Å². The molecule has 0 spiro atoms. The van der Waals surface area contributed by atoms with Gasteiger partial charge >= 0.3 is 0 Å². The molecular weight excluding hydrogens is 383 g/mol. The second-order valence-corrected chi connectivity index (χ2v) is 8.44. The van der Waals surface area contributed by atoms with Crippen LogP contribution < -0.4 is 4.74 Å². The summed E-state index contributed by atoms with van der Waals surface area (Å²) in [6.45, 7) is 0.925. The molecule has 2 aromatic carbocycles. The van der Waals surface area contributed by atoms with Crippen LogP contribution in [0.25, 0.3) is 0 Å². The monoisotopic (exact) mass is 410 g/mol.